The maximum Gasteiger partial charge on any atom is 0.186 e. The summed E-state index contributed by atoms with van der Waals surface area (Å²) in [4.78, 5) is 0. The van der Waals surface area contributed by atoms with Crippen molar-refractivity contribution in [3.8, 4) is 0 Å². The molecule has 0 aromatic heterocycles. The van der Waals surface area contributed by atoms with Crippen molar-refractivity contribution in [1.29, 1.82) is 0 Å². The van der Waals surface area contributed by atoms with E-state index in [1.165, 1.54) is 109 Å². The molecule has 0 radical (unpaired) electrons. The molecule has 2 fully saturated rings. The van der Waals surface area contributed by atoms with Crippen LogP contribution in [0.1, 0.15) is 198 Å². The Morgan fingerprint density at radius 1 is 0.397 bits per heavy atom. The van der Waals surface area contributed by atoms with Crippen LogP contribution in [0.5, 0.6) is 0 Å². The number of hydrogen-bond acceptors (Lipinski definition) is 13. The molecule has 2 aliphatic rings. The summed E-state index contributed by atoms with van der Waals surface area (Å²) >= 11 is 0. The van der Waals surface area contributed by atoms with Gasteiger partial charge in [0.05, 0.1) is 26.4 Å². The Morgan fingerprint density at radius 2 is 0.735 bits per heavy atom. The molecular weight excluding hydrogens is 869 g/mol. The summed E-state index contributed by atoms with van der Waals surface area (Å²) in [6, 6.07) is 0. The molecule has 2 aliphatic heterocycles. The fraction of sp³-hybridized carbons (Fsp3) is 1.00. The second-order valence-corrected chi connectivity index (χ2v) is 23.0. The molecule has 406 valence electrons. The van der Waals surface area contributed by atoms with Gasteiger partial charge in [-0.05, 0) is 60.2 Å². The zero-order valence-corrected chi connectivity index (χ0v) is 44.9. The normalized spacial score (nSPS) is 27.4. The van der Waals surface area contributed by atoms with E-state index in [2.05, 4.69) is 69.2 Å². The van der Waals surface area contributed by atoms with E-state index >= 15 is 0 Å². The van der Waals surface area contributed by atoms with Gasteiger partial charge in [-0.15, -0.1) is 0 Å². The molecule has 68 heavy (non-hydrogen) atoms. The van der Waals surface area contributed by atoms with Crippen LogP contribution in [0.4, 0.5) is 0 Å². The SMILES string of the molecule is CC(C)CCC[C@@H](C)CCC[C@@H](C)CCCC(C)CCOCC(CO[C@@H]1O[C@@H]([C@H](O)CO[C@@H]2O[C@@H]([C@H](O)CO)[C@H](O)[C@H]2O)[C@H](O)[C@H]1O)OCCC(C)CCC[C@H](C)CCC[C@H](C)CCCC(C)C. The predicted octanol–water partition coefficient (Wildman–Crippen LogP) is 8.96. The molecule has 0 aromatic carbocycles. The standard InChI is InChI=1S/C55H108O13/c1-37(2)17-11-19-39(5)21-13-23-41(7)25-15-27-43(9)29-31-63-34-45(64-32-30-44(10)28-16-26-42(8)24-14-22-40(6)20-12-18-38(3)4)35-65-54-51(62)49(60)53(68-54)47(58)36-66-55-50(61)48(59)52(67-55)46(57)33-56/h37-62H,11-36H2,1-10H3/t39-,40-,41-,42-,43?,44?,45?,46-,47-,48-,49-,50-,51-,52+,53+,54-,55-/m1/s1. The molecular formula is C55H108O13. The van der Waals surface area contributed by atoms with Crippen molar-refractivity contribution in [2.75, 3.05) is 39.6 Å². The van der Waals surface area contributed by atoms with Crippen molar-refractivity contribution in [2.45, 2.75) is 265 Å². The van der Waals surface area contributed by atoms with Crippen molar-refractivity contribution in [3.63, 3.8) is 0 Å². The first kappa shape index (κ1) is 63.6. The molecule has 0 spiro atoms. The van der Waals surface area contributed by atoms with Gasteiger partial charge >= 0.3 is 0 Å². The smallest absolute Gasteiger partial charge is 0.186 e. The fourth-order valence-electron chi connectivity index (χ4n) is 9.80. The van der Waals surface area contributed by atoms with E-state index in [-0.39, 0.29) is 6.61 Å². The van der Waals surface area contributed by atoms with Crippen LogP contribution < -0.4 is 0 Å². The molecule has 17 atom stereocenters. The zero-order valence-electron chi connectivity index (χ0n) is 44.9. The third-order valence-corrected chi connectivity index (χ3v) is 14.9. The first-order valence-corrected chi connectivity index (χ1v) is 27.7. The third-order valence-electron chi connectivity index (χ3n) is 14.9. The van der Waals surface area contributed by atoms with E-state index in [4.69, 9.17) is 28.4 Å². The van der Waals surface area contributed by atoms with Crippen molar-refractivity contribution in [3.05, 3.63) is 0 Å². The van der Waals surface area contributed by atoms with E-state index in [9.17, 15) is 35.7 Å². The molecule has 0 saturated carbocycles. The van der Waals surface area contributed by atoms with Gasteiger partial charge in [-0.3, -0.25) is 0 Å². The van der Waals surface area contributed by atoms with Crippen molar-refractivity contribution in [1.82, 2.24) is 0 Å². The first-order chi connectivity index (χ1) is 32.3. The minimum atomic E-state index is -1.55. The quantitative estimate of drug-likeness (QED) is 0.0287. The highest BCUT2D eigenvalue weighted by molar-refractivity contribution is 4.93. The van der Waals surface area contributed by atoms with Gasteiger partial charge in [0, 0.05) is 13.2 Å². The summed E-state index contributed by atoms with van der Waals surface area (Å²) in [5.74, 6) is 5.79. The van der Waals surface area contributed by atoms with E-state index in [1.54, 1.807) is 0 Å². The Kier molecular flexibility index (Phi) is 34.1. The maximum atomic E-state index is 10.9. The summed E-state index contributed by atoms with van der Waals surface area (Å²) in [6.45, 7) is 23.7. The van der Waals surface area contributed by atoms with Crippen LogP contribution >= 0.6 is 0 Å². The molecule has 0 amide bonds. The van der Waals surface area contributed by atoms with Crippen LogP contribution in [0.15, 0.2) is 0 Å². The van der Waals surface area contributed by atoms with Crippen molar-refractivity contribution in [2.24, 2.45) is 47.3 Å². The van der Waals surface area contributed by atoms with Gasteiger partial charge in [-0.2, -0.15) is 0 Å². The minimum Gasteiger partial charge on any atom is -0.394 e. The third kappa shape index (κ3) is 27.0. The van der Waals surface area contributed by atoms with Gasteiger partial charge in [0.1, 0.15) is 54.9 Å². The molecule has 0 bridgehead atoms. The second-order valence-electron chi connectivity index (χ2n) is 23.0. The molecule has 2 heterocycles. The van der Waals surface area contributed by atoms with E-state index in [0.29, 0.717) is 31.7 Å². The lowest BCUT2D eigenvalue weighted by atomic mass is 9.91. The Morgan fingerprint density at radius 3 is 1.12 bits per heavy atom. The van der Waals surface area contributed by atoms with Gasteiger partial charge in [0.15, 0.2) is 12.6 Å². The molecule has 2 rings (SSSR count). The van der Waals surface area contributed by atoms with E-state index in [0.717, 1.165) is 54.8 Å². The Balaban J connectivity index is 1.82. The van der Waals surface area contributed by atoms with Crippen molar-refractivity contribution < 1.29 is 64.2 Å². The minimum absolute atomic E-state index is 0.0364. The highest BCUT2D eigenvalue weighted by atomic mass is 16.7. The average Bonchev–Trinajstić information content (AvgIpc) is 3.73. The lowest BCUT2D eigenvalue weighted by Crippen LogP contribution is -2.43. The first-order valence-electron chi connectivity index (χ1n) is 27.7. The highest BCUT2D eigenvalue weighted by Gasteiger charge is 2.49. The van der Waals surface area contributed by atoms with Crippen LogP contribution in [-0.4, -0.2) is 143 Å². The van der Waals surface area contributed by atoms with Gasteiger partial charge in [0.25, 0.3) is 0 Å². The Hall–Kier alpha value is -0.520. The number of aliphatic hydroxyl groups excluding tert-OH is 7. The maximum absolute atomic E-state index is 10.9. The molecule has 3 unspecified atom stereocenters. The summed E-state index contributed by atoms with van der Waals surface area (Å²) in [5, 5.41) is 72.2. The molecule has 7 N–H and O–H groups in total. The zero-order chi connectivity index (χ0) is 50.6. The number of ether oxygens (including phenoxy) is 6. The summed E-state index contributed by atoms with van der Waals surface area (Å²) in [6.07, 6.45) is 10.5. The van der Waals surface area contributed by atoms with Crippen LogP contribution in [0, 0.1) is 47.3 Å². The van der Waals surface area contributed by atoms with E-state index < -0.39 is 80.7 Å². The van der Waals surface area contributed by atoms with Crippen molar-refractivity contribution >= 4 is 0 Å². The summed E-state index contributed by atoms with van der Waals surface area (Å²) in [7, 11) is 0. The molecule has 13 heteroatoms. The number of hydrogen-bond donors (Lipinski definition) is 7. The number of rotatable bonds is 42. The monoisotopic (exact) mass is 977 g/mol. The Bertz CT molecular complexity index is 1200. The summed E-state index contributed by atoms with van der Waals surface area (Å²) < 4.78 is 35.2. The largest absolute Gasteiger partial charge is 0.394 e. The average molecular weight is 977 g/mol. The molecule has 2 saturated heterocycles. The van der Waals surface area contributed by atoms with Crippen LogP contribution in [-0.2, 0) is 28.4 Å². The van der Waals surface area contributed by atoms with E-state index in [1.807, 2.05) is 0 Å². The van der Waals surface area contributed by atoms with Gasteiger partial charge in [0.2, 0.25) is 0 Å². The lowest BCUT2D eigenvalue weighted by molar-refractivity contribution is -0.217. The molecule has 0 aromatic rings. The second kappa shape index (κ2) is 36.4. The van der Waals surface area contributed by atoms with Crippen LogP contribution in [0.3, 0.4) is 0 Å². The predicted molar refractivity (Wildman–Crippen MR) is 270 cm³/mol. The van der Waals surface area contributed by atoms with Gasteiger partial charge in [-0.25, -0.2) is 0 Å². The number of aliphatic hydroxyl groups is 7. The topological polar surface area (TPSA) is 197 Å². The highest BCUT2D eigenvalue weighted by Crippen LogP contribution is 2.29. The van der Waals surface area contributed by atoms with Crippen LogP contribution in [0.25, 0.3) is 0 Å². The molecule has 13 nitrogen and oxygen atoms in total. The van der Waals surface area contributed by atoms with Gasteiger partial charge < -0.3 is 64.2 Å². The molecule has 0 aliphatic carbocycles. The van der Waals surface area contributed by atoms with Crippen LogP contribution in [0.2, 0.25) is 0 Å². The lowest BCUT2D eigenvalue weighted by Gasteiger charge is -2.24. The van der Waals surface area contributed by atoms with Gasteiger partial charge in [-0.1, -0.05) is 185 Å². The fourth-order valence-corrected chi connectivity index (χ4v) is 9.80. The summed E-state index contributed by atoms with van der Waals surface area (Å²) in [5.41, 5.74) is 0. The Labute approximate surface area is 415 Å².